The minimum atomic E-state index is -1.19. The predicted molar refractivity (Wildman–Crippen MR) is 65.2 cm³/mol. The van der Waals surface area contributed by atoms with E-state index in [1.54, 1.807) is 6.08 Å². The van der Waals surface area contributed by atoms with E-state index in [1.165, 1.54) is 6.34 Å². The van der Waals surface area contributed by atoms with Crippen LogP contribution in [0, 0.1) is 5.92 Å². The molecule has 0 radical (unpaired) electrons. The van der Waals surface area contributed by atoms with Gasteiger partial charge in [0, 0.05) is 5.92 Å². The number of nitrogens with zero attached hydrogens (tertiary/aromatic N) is 4. The van der Waals surface area contributed by atoms with E-state index in [9.17, 15) is 5.11 Å². The monoisotopic (exact) mass is 232 g/mol. The lowest BCUT2D eigenvalue weighted by atomic mass is 9.99. The van der Waals surface area contributed by atoms with Gasteiger partial charge in [-0.05, 0) is 6.42 Å². The van der Waals surface area contributed by atoms with Gasteiger partial charge in [-0.3, -0.25) is 5.73 Å². The average Bonchev–Trinajstić information content (AvgIpc) is 2.86. The Hall–Kier alpha value is -1.86. The first-order valence-electron chi connectivity index (χ1n) is 5.30. The molecule has 0 saturated heterocycles. The smallest absolute Gasteiger partial charge is 0.213 e. The van der Waals surface area contributed by atoms with Crippen molar-refractivity contribution in [2.24, 2.45) is 37.4 Å². The van der Waals surface area contributed by atoms with Crippen LogP contribution in [0.2, 0.25) is 0 Å². The first-order valence-corrected chi connectivity index (χ1v) is 5.30. The minimum Gasteiger partial charge on any atom is -0.389 e. The van der Waals surface area contributed by atoms with Crippen molar-refractivity contribution in [2.45, 2.75) is 18.3 Å². The molecule has 3 atom stereocenters. The molecule has 0 bridgehead atoms. The number of hydrogen-bond acceptors (Lipinski definition) is 7. The SMILES string of the molecule is NC1=NC(N)([C@H]2C=C[C@@H](O)C2)N=C2N=CN=C12. The quantitative estimate of drug-likeness (QED) is 0.491. The molecule has 7 nitrogen and oxygen atoms in total. The summed E-state index contributed by atoms with van der Waals surface area (Å²) < 4.78 is 0. The molecule has 88 valence electrons. The lowest BCUT2D eigenvalue weighted by Crippen LogP contribution is -2.50. The summed E-state index contributed by atoms with van der Waals surface area (Å²) in [4.78, 5) is 16.4. The Morgan fingerprint density at radius 1 is 1.35 bits per heavy atom. The molecule has 17 heavy (non-hydrogen) atoms. The molecule has 0 spiro atoms. The zero-order valence-electron chi connectivity index (χ0n) is 8.98. The molecule has 1 aliphatic carbocycles. The third-order valence-corrected chi connectivity index (χ3v) is 3.01. The Kier molecular flexibility index (Phi) is 2.01. The molecule has 2 aliphatic heterocycles. The van der Waals surface area contributed by atoms with E-state index in [0.717, 1.165) is 0 Å². The zero-order valence-corrected chi connectivity index (χ0v) is 8.98. The fourth-order valence-electron chi connectivity index (χ4n) is 2.12. The van der Waals surface area contributed by atoms with Crippen LogP contribution in [-0.4, -0.2) is 40.7 Å². The molecule has 5 N–H and O–H groups in total. The molecule has 3 rings (SSSR count). The van der Waals surface area contributed by atoms with Gasteiger partial charge < -0.3 is 10.8 Å². The molecule has 0 aromatic carbocycles. The molecule has 3 aliphatic rings. The molecule has 2 heterocycles. The molecule has 0 saturated carbocycles. The van der Waals surface area contributed by atoms with Crippen molar-refractivity contribution < 1.29 is 5.11 Å². The molecule has 1 unspecified atom stereocenters. The predicted octanol–water partition coefficient (Wildman–Crippen LogP) is -1.21. The number of aliphatic hydroxyl groups is 1. The zero-order chi connectivity index (χ0) is 12.0. The van der Waals surface area contributed by atoms with Crippen molar-refractivity contribution in [3.05, 3.63) is 12.2 Å². The Bertz CT molecular complexity index is 517. The van der Waals surface area contributed by atoms with Gasteiger partial charge >= 0.3 is 0 Å². The van der Waals surface area contributed by atoms with E-state index >= 15 is 0 Å². The number of amidine groups is 2. The standard InChI is InChI=1S/C10H12N6O/c11-8-7-9(14-4-13-7)16-10(12,15-8)5-1-2-6(17)3-5/h1-2,4-6,17H,3,12H2,(H2,11,15)/t5-,6+,10?/m0/s1. The number of aliphatic imine (C=N–C) groups is 4. The van der Waals surface area contributed by atoms with Crippen molar-refractivity contribution in [3.63, 3.8) is 0 Å². The van der Waals surface area contributed by atoms with Gasteiger partial charge in [-0.1, -0.05) is 12.2 Å². The third-order valence-electron chi connectivity index (χ3n) is 3.01. The number of fused-ring (bicyclic) bond motifs is 1. The summed E-state index contributed by atoms with van der Waals surface area (Å²) in [6.07, 6.45) is 4.86. The van der Waals surface area contributed by atoms with Crippen LogP contribution in [0.4, 0.5) is 0 Å². The highest BCUT2D eigenvalue weighted by atomic mass is 16.3. The summed E-state index contributed by atoms with van der Waals surface area (Å²) in [5.74, 6) is -0.714. The van der Waals surface area contributed by atoms with Crippen LogP contribution in [0.5, 0.6) is 0 Å². The van der Waals surface area contributed by atoms with E-state index in [2.05, 4.69) is 20.0 Å². The third kappa shape index (κ3) is 1.51. The maximum atomic E-state index is 9.47. The molecular weight excluding hydrogens is 220 g/mol. The van der Waals surface area contributed by atoms with Crippen LogP contribution >= 0.6 is 0 Å². The summed E-state index contributed by atoms with van der Waals surface area (Å²) in [7, 11) is 0. The number of aliphatic hydroxyl groups excluding tert-OH is 1. The maximum Gasteiger partial charge on any atom is 0.213 e. The topological polar surface area (TPSA) is 122 Å². The van der Waals surface area contributed by atoms with Gasteiger partial charge in [-0.15, -0.1) is 0 Å². The lowest BCUT2D eigenvalue weighted by molar-refractivity contribution is 0.189. The normalized spacial score (nSPS) is 38.8. The lowest BCUT2D eigenvalue weighted by Gasteiger charge is -2.29. The first kappa shape index (κ1) is 10.3. The summed E-state index contributed by atoms with van der Waals surface area (Å²) >= 11 is 0. The van der Waals surface area contributed by atoms with Crippen molar-refractivity contribution >= 4 is 23.7 Å². The second-order valence-electron chi connectivity index (χ2n) is 4.23. The second-order valence-corrected chi connectivity index (χ2v) is 4.23. The molecule has 0 amide bonds. The van der Waals surface area contributed by atoms with E-state index < -0.39 is 11.9 Å². The summed E-state index contributed by atoms with van der Waals surface area (Å²) in [5.41, 5.74) is 12.4. The Morgan fingerprint density at radius 3 is 2.88 bits per heavy atom. The van der Waals surface area contributed by atoms with Gasteiger partial charge in [0.1, 0.15) is 6.34 Å². The summed E-state index contributed by atoms with van der Waals surface area (Å²) in [5, 5.41) is 9.47. The maximum absolute atomic E-state index is 9.47. The van der Waals surface area contributed by atoms with Crippen molar-refractivity contribution in [1.82, 2.24) is 0 Å². The molecular formula is C10H12N6O. The van der Waals surface area contributed by atoms with Crippen LogP contribution in [0.25, 0.3) is 0 Å². The minimum absolute atomic E-state index is 0.180. The Labute approximate surface area is 97.4 Å². The fourth-order valence-corrected chi connectivity index (χ4v) is 2.12. The van der Waals surface area contributed by atoms with E-state index in [0.29, 0.717) is 18.0 Å². The van der Waals surface area contributed by atoms with Crippen LogP contribution < -0.4 is 11.5 Å². The number of hydrogen-bond donors (Lipinski definition) is 3. The second kappa shape index (κ2) is 3.31. The highest BCUT2D eigenvalue weighted by Crippen LogP contribution is 2.31. The van der Waals surface area contributed by atoms with Gasteiger partial charge in [0.15, 0.2) is 17.4 Å². The van der Waals surface area contributed by atoms with E-state index in [-0.39, 0.29) is 11.8 Å². The van der Waals surface area contributed by atoms with Gasteiger partial charge in [0.05, 0.1) is 6.10 Å². The van der Waals surface area contributed by atoms with Gasteiger partial charge in [-0.2, -0.15) is 0 Å². The van der Waals surface area contributed by atoms with Crippen LogP contribution in [-0.2, 0) is 0 Å². The molecule has 0 fully saturated rings. The number of nitrogens with two attached hydrogens (primary N) is 2. The highest BCUT2D eigenvalue weighted by Gasteiger charge is 2.41. The summed E-state index contributed by atoms with van der Waals surface area (Å²) in [6, 6.07) is 0. The van der Waals surface area contributed by atoms with Crippen molar-refractivity contribution in [2.75, 3.05) is 0 Å². The average molecular weight is 232 g/mol. The van der Waals surface area contributed by atoms with Crippen LogP contribution in [0.1, 0.15) is 6.42 Å². The summed E-state index contributed by atoms with van der Waals surface area (Å²) in [6.45, 7) is 0. The number of rotatable bonds is 1. The first-order chi connectivity index (χ1) is 8.08. The van der Waals surface area contributed by atoms with Crippen molar-refractivity contribution in [1.29, 1.82) is 0 Å². The van der Waals surface area contributed by atoms with E-state index in [4.69, 9.17) is 11.5 Å². The highest BCUT2D eigenvalue weighted by molar-refractivity contribution is 6.70. The Morgan fingerprint density at radius 2 is 2.18 bits per heavy atom. The molecule has 0 aromatic heterocycles. The molecule has 7 heteroatoms. The van der Waals surface area contributed by atoms with Crippen LogP contribution in [0.15, 0.2) is 32.1 Å². The Balaban J connectivity index is 1.99. The molecule has 0 aromatic rings. The largest absolute Gasteiger partial charge is 0.389 e. The fraction of sp³-hybridized carbons (Fsp3) is 0.400. The van der Waals surface area contributed by atoms with Gasteiger partial charge in [0.2, 0.25) is 5.79 Å². The van der Waals surface area contributed by atoms with Gasteiger partial charge in [0.25, 0.3) is 0 Å². The van der Waals surface area contributed by atoms with Gasteiger partial charge in [-0.25, -0.2) is 20.0 Å². The van der Waals surface area contributed by atoms with Crippen molar-refractivity contribution in [3.8, 4) is 0 Å². The van der Waals surface area contributed by atoms with Crippen LogP contribution in [0.3, 0.4) is 0 Å². The van der Waals surface area contributed by atoms with E-state index in [1.807, 2.05) is 6.08 Å².